The zero-order valence-corrected chi connectivity index (χ0v) is 16.0. The smallest absolute Gasteiger partial charge is 0.264 e. The molecule has 8 heteroatoms. The van der Waals surface area contributed by atoms with E-state index in [4.69, 9.17) is 0 Å². The number of piperazine rings is 1. The van der Waals surface area contributed by atoms with Crippen molar-refractivity contribution in [1.82, 2.24) is 19.4 Å². The molecule has 7 nitrogen and oxygen atoms in total. The molecule has 0 spiro atoms. The molecule has 1 fully saturated rings. The van der Waals surface area contributed by atoms with E-state index in [1.165, 1.54) is 11.3 Å². The number of fused-ring (bicyclic) bond motifs is 1. The number of nitrogens with zero attached hydrogens (tertiary/aromatic N) is 4. The molecule has 0 aromatic carbocycles. The molecule has 2 amide bonds. The third-order valence-electron chi connectivity index (χ3n) is 4.86. The molecular formula is C18H24N4O3S. The van der Waals surface area contributed by atoms with Crippen LogP contribution in [0.4, 0.5) is 0 Å². The third kappa shape index (κ3) is 3.51. The van der Waals surface area contributed by atoms with Crippen molar-refractivity contribution >= 4 is 33.9 Å². The number of rotatable bonds is 6. The van der Waals surface area contributed by atoms with Crippen molar-refractivity contribution in [3.05, 3.63) is 27.1 Å². The standard InChI is InChI=1S/C18H24N4O3S/c1-3-4-5-6-22-11-19-16-14(17(22)24)13(2)15(26-16)18(25)21-9-7-20(12-23)8-10-21/h11-12H,3-10H2,1-2H3. The highest BCUT2D eigenvalue weighted by atomic mass is 32.1. The number of carbonyl (C=O) groups is 2. The molecule has 0 saturated carbocycles. The van der Waals surface area contributed by atoms with Gasteiger partial charge in [-0.2, -0.15) is 0 Å². The van der Waals surface area contributed by atoms with Crippen LogP contribution >= 0.6 is 11.3 Å². The van der Waals surface area contributed by atoms with Crippen LogP contribution in [-0.2, 0) is 11.3 Å². The summed E-state index contributed by atoms with van der Waals surface area (Å²) in [6.07, 6.45) is 5.52. The summed E-state index contributed by atoms with van der Waals surface area (Å²) in [5.74, 6) is -0.0759. The molecular weight excluding hydrogens is 352 g/mol. The van der Waals surface area contributed by atoms with Crippen LogP contribution in [0.3, 0.4) is 0 Å². The van der Waals surface area contributed by atoms with E-state index in [0.717, 1.165) is 31.2 Å². The van der Waals surface area contributed by atoms with Crippen LogP contribution in [0.25, 0.3) is 10.2 Å². The van der Waals surface area contributed by atoms with Gasteiger partial charge in [-0.05, 0) is 18.9 Å². The van der Waals surface area contributed by atoms with Gasteiger partial charge in [0, 0.05) is 32.7 Å². The average molecular weight is 376 g/mol. The normalized spacial score (nSPS) is 14.8. The van der Waals surface area contributed by atoms with Crippen LogP contribution in [0.2, 0.25) is 0 Å². The number of aryl methyl sites for hydroxylation is 2. The van der Waals surface area contributed by atoms with Gasteiger partial charge in [0.05, 0.1) is 16.6 Å². The van der Waals surface area contributed by atoms with Gasteiger partial charge in [-0.25, -0.2) is 4.98 Å². The molecule has 0 aliphatic carbocycles. The fraction of sp³-hybridized carbons (Fsp3) is 0.556. The minimum absolute atomic E-state index is 0.0651. The first-order valence-electron chi connectivity index (χ1n) is 9.04. The highest BCUT2D eigenvalue weighted by Gasteiger charge is 2.26. The maximum absolute atomic E-state index is 12.9. The van der Waals surface area contributed by atoms with Gasteiger partial charge < -0.3 is 9.80 Å². The SMILES string of the molecule is CCCCCn1cnc2sc(C(=O)N3CCN(C=O)CC3)c(C)c2c1=O. The number of amides is 2. The Morgan fingerprint density at radius 1 is 1.27 bits per heavy atom. The minimum atomic E-state index is -0.0759. The Bertz CT molecular complexity index is 865. The summed E-state index contributed by atoms with van der Waals surface area (Å²) in [7, 11) is 0. The predicted octanol–water partition coefficient (Wildman–Crippen LogP) is 1.87. The monoisotopic (exact) mass is 376 g/mol. The lowest BCUT2D eigenvalue weighted by atomic mass is 10.2. The van der Waals surface area contributed by atoms with Crippen LogP contribution in [-0.4, -0.2) is 57.8 Å². The molecule has 0 N–H and O–H groups in total. The number of hydrogen-bond acceptors (Lipinski definition) is 5. The Kier molecular flexibility index (Phi) is 5.70. The molecule has 3 rings (SSSR count). The van der Waals surface area contributed by atoms with E-state index < -0.39 is 0 Å². The predicted molar refractivity (Wildman–Crippen MR) is 102 cm³/mol. The van der Waals surface area contributed by atoms with Crippen molar-refractivity contribution in [2.45, 2.75) is 39.7 Å². The first-order chi connectivity index (χ1) is 12.6. The summed E-state index contributed by atoms with van der Waals surface area (Å²) < 4.78 is 1.65. The van der Waals surface area contributed by atoms with E-state index in [1.54, 1.807) is 20.7 Å². The molecule has 0 bridgehead atoms. The summed E-state index contributed by atoms with van der Waals surface area (Å²) in [6, 6.07) is 0. The number of carbonyl (C=O) groups excluding carboxylic acids is 2. The first-order valence-corrected chi connectivity index (χ1v) is 9.85. The highest BCUT2D eigenvalue weighted by molar-refractivity contribution is 7.20. The molecule has 0 atom stereocenters. The molecule has 0 radical (unpaired) electrons. The Hall–Kier alpha value is -2.22. The molecule has 1 aliphatic rings. The quantitative estimate of drug-likeness (QED) is 0.570. The van der Waals surface area contributed by atoms with Crippen LogP contribution in [0.5, 0.6) is 0 Å². The van der Waals surface area contributed by atoms with E-state index in [0.29, 0.717) is 47.8 Å². The van der Waals surface area contributed by atoms with E-state index in [1.807, 2.05) is 6.92 Å². The zero-order valence-electron chi connectivity index (χ0n) is 15.2. The molecule has 140 valence electrons. The Morgan fingerprint density at radius 2 is 2.00 bits per heavy atom. The molecule has 0 unspecified atom stereocenters. The van der Waals surface area contributed by atoms with Gasteiger partial charge in [0.15, 0.2) is 0 Å². The lowest BCUT2D eigenvalue weighted by Gasteiger charge is -2.32. The minimum Gasteiger partial charge on any atom is -0.342 e. The van der Waals surface area contributed by atoms with Gasteiger partial charge in [0.25, 0.3) is 11.5 Å². The zero-order chi connectivity index (χ0) is 18.7. The lowest BCUT2D eigenvalue weighted by molar-refractivity contribution is -0.119. The van der Waals surface area contributed by atoms with E-state index >= 15 is 0 Å². The van der Waals surface area contributed by atoms with Crippen LogP contribution in [0.1, 0.15) is 41.4 Å². The number of hydrogen-bond donors (Lipinski definition) is 0. The number of thiophene rings is 1. The van der Waals surface area contributed by atoms with Gasteiger partial charge in [-0.3, -0.25) is 19.0 Å². The number of aromatic nitrogens is 2. The summed E-state index contributed by atoms with van der Waals surface area (Å²) in [5.41, 5.74) is 0.653. The van der Waals surface area contributed by atoms with Crippen LogP contribution < -0.4 is 5.56 Å². The lowest BCUT2D eigenvalue weighted by Crippen LogP contribution is -2.48. The van der Waals surface area contributed by atoms with Crippen molar-refractivity contribution in [3.8, 4) is 0 Å². The van der Waals surface area contributed by atoms with E-state index in [2.05, 4.69) is 11.9 Å². The maximum atomic E-state index is 12.9. The molecule has 1 saturated heterocycles. The van der Waals surface area contributed by atoms with Crippen LogP contribution in [0, 0.1) is 6.92 Å². The van der Waals surface area contributed by atoms with Gasteiger partial charge in [0.2, 0.25) is 6.41 Å². The van der Waals surface area contributed by atoms with Crippen molar-refractivity contribution in [2.75, 3.05) is 26.2 Å². The van der Waals surface area contributed by atoms with E-state index in [9.17, 15) is 14.4 Å². The number of unbranched alkanes of at least 4 members (excludes halogenated alkanes) is 2. The highest BCUT2D eigenvalue weighted by Crippen LogP contribution is 2.28. The Balaban J connectivity index is 1.87. The van der Waals surface area contributed by atoms with Gasteiger partial charge in [0.1, 0.15) is 4.83 Å². The third-order valence-corrected chi connectivity index (χ3v) is 6.05. The van der Waals surface area contributed by atoms with E-state index in [-0.39, 0.29) is 11.5 Å². The Morgan fingerprint density at radius 3 is 2.65 bits per heavy atom. The van der Waals surface area contributed by atoms with Crippen molar-refractivity contribution < 1.29 is 9.59 Å². The molecule has 26 heavy (non-hydrogen) atoms. The topological polar surface area (TPSA) is 75.5 Å². The molecule has 2 aromatic heterocycles. The van der Waals surface area contributed by atoms with Gasteiger partial charge in [-0.15, -0.1) is 11.3 Å². The molecule has 1 aliphatic heterocycles. The van der Waals surface area contributed by atoms with Crippen molar-refractivity contribution in [2.24, 2.45) is 0 Å². The van der Waals surface area contributed by atoms with Crippen molar-refractivity contribution in [1.29, 1.82) is 0 Å². The fourth-order valence-electron chi connectivity index (χ4n) is 3.23. The summed E-state index contributed by atoms with van der Waals surface area (Å²) in [6.45, 7) is 6.72. The summed E-state index contributed by atoms with van der Waals surface area (Å²) >= 11 is 1.28. The summed E-state index contributed by atoms with van der Waals surface area (Å²) in [4.78, 5) is 45.5. The largest absolute Gasteiger partial charge is 0.342 e. The summed E-state index contributed by atoms with van der Waals surface area (Å²) in [5, 5.41) is 0.559. The molecule has 3 heterocycles. The maximum Gasteiger partial charge on any atom is 0.264 e. The van der Waals surface area contributed by atoms with Gasteiger partial charge in [-0.1, -0.05) is 19.8 Å². The fourth-order valence-corrected chi connectivity index (χ4v) is 4.34. The second kappa shape index (κ2) is 7.99. The van der Waals surface area contributed by atoms with Gasteiger partial charge >= 0.3 is 0 Å². The second-order valence-electron chi connectivity index (χ2n) is 6.62. The first kappa shape index (κ1) is 18.6. The Labute approximate surface area is 156 Å². The molecule has 2 aromatic rings. The van der Waals surface area contributed by atoms with Crippen LogP contribution in [0.15, 0.2) is 11.1 Å². The average Bonchev–Trinajstić information content (AvgIpc) is 3.00. The van der Waals surface area contributed by atoms with Crippen molar-refractivity contribution in [3.63, 3.8) is 0 Å². The second-order valence-corrected chi connectivity index (χ2v) is 7.62.